The molecule has 1 rings (SSSR count). The molecule has 0 saturated heterocycles. The lowest BCUT2D eigenvalue weighted by molar-refractivity contribution is -0.149. The van der Waals surface area contributed by atoms with Crippen molar-refractivity contribution in [3.8, 4) is 11.8 Å². The average molecular weight is 237 g/mol. The van der Waals surface area contributed by atoms with Gasteiger partial charge in [0, 0.05) is 0 Å². The molecule has 0 amide bonds. The normalized spacial score (nSPS) is 9.82. The Hall–Kier alpha value is -2.09. The van der Waals surface area contributed by atoms with Crippen LogP contribution in [0.4, 0.5) is 4.39 Å². The van der Waals surface area contributed by atoms with Crippen molar-refractivity contribution in [3.63, 3.8) is 0 Å². The average Bonchev–Trinajstić information content (AvgIpc) is 2.25. The molecule has 0 saturated carbocycles. The molecule has 0 heterocycles. The Bertz CT molecular complexity index is 452. The van der Waals surface area contributed by atoms with Crippen LogP contribution in [0.1, 0.15) is 19.4 Å². The third-order valence-corrected chi connectivity index (χ3v) is 1.80. The molecule has 0 spiro atoms. The van der Waals surface area contributed by atoms with Crippen LogP contribution in [0.25, 0.3) is 0 Å². The molecule has 0 unspecified atom stereocenters. The van der Waals surface area contributed by atoms with Crippen molar-refractivity contribution in [2.75, 3.05) is 6.61 Å². The smallest absolute Gasteiger partial charge is 0.344 e. The van der Waals surface area contributed by atoms with Crippen LogP contribution in [0, 0.1) is 17.1 Å². The van der Waals surface area contributed by atoms with E-state index < -0.39 is 11.8 Å². The minimum absolute atomic E-state index is 0.0354. The first-order valence-corrected chi connectivity index (χ1v) is 5.05. The Kier molecular flexibility index (Phi) is 4.46. The van der Waals surface area contributed by atoms with Crippen LogP contribution >= 0.6 is 0 Å². The molecule has 17 heavy (non-hydrogen) atoms. The molecule has 90 valence electrons. The number of halogens is 1. The Labute approximate surface area is 98.6 Å². The number of hydrogen-bond donors (Lipinski definition) is 0. The standard InChI is InChI=1S/C12H12FNO3/c1-8(2)17-12(15)7-16-11-5-3-4-10(13)9(11)6-14/h3-5,8H,7H2,1-2H3. The van der Waals surface area contributed by atoms with E-state index in [0.29, 0.717) is 0 Å². The highest BCUT2D eigenvalue weighted by Crippen LogP contribution is 2.20. The Balaban J connectivity index is 2.67. The largest absolute Gasteiger partial charge is 0.480 e. The Morgan fingerprint density at radius 1 is 1.53 bits per heavy atom. The highest BCUT2D eigenvalue weighted by Gasteiger charge is 2.11. The monoisotopic (exact) mass is 237 g/mol. The fourth-order valence-electron chi connectivity index (χ4n) is 1.17. The maximum absolute atomic E-state index is 13.2. The van der Waals surface area contributed by atoms with Crippen molar-refractivity contribution < 1.29 is 18.7 Å². The number of rotatable bonds is 4. The van der Waals surface area contributed by atoms with Crippen molar-refractivity contribution in [3.05, 3.63) is 29.6 Å². The first kappa shape index (κ1) is 13.0. The van der Waals surface area contributed by atoms with E-state index in [0.717, 1.165) is 6.07 Å². The summed E-state index contributed by atoms with van der Waals surface area (Å²) in [7, 11) is 0. The number of benzene rings is 1. The Morgan fingerprint density at radius 3 is 2.82 bits per heavy atom. The second-order valence-electron chi connectivity index (χ2n) is 3.55. The minimum Gasteiger partial charge on any atom is -0.480 e. The van der Waals surface area contributed by atoms with E-state index >= 15 is 0 Å². The summed E-state index contributed by atoms with van der Waals surface area (Å²) in [6.07, 6.45) is -0.242. The lowest BCUT2D eigenvalue weighted by Crippen LogP contribution is -2.19. The number of nitrogens with zero attached hydrogens (tertiary/aromatic N) is 1. The molecule has 0 atom stereocenters. The molecule has 0 aromatic heterocycles. The summed E-state index contributed by atoms with van der Waals surface area (Å²) in [6, 6.07) is 5.65. The fraction of sp³-hybridized carbons (Fsp3) is 0.333. The molecule has 0 aliphatic carbocycles. The first-order valence-electron chi connectivity index (χ1n) is 5.05. The van der Waals surface area contributed by atoms with Crippen LogP contribution in [-0.4, -0.2) is 18.7 Å². The third kappa shape index (κ3) is 3.76. The number of hydrogen-bond acceptors (Lipinski definition) is 4. The summed E-state index contributed by atoms with van der Waals surface area (Å²) in [5, 5.41) is 8.72. The van der Waals surface area contributed by atoms with Gasteiger partial charge in [0.2, 0.25) is 0 Å². The zero-order valence-electron chi connectivity index (χ0n) is 9.57. The van der Waals surface area contributed by atoms with Gasteiger partial charge in [-0.05, 0) is 26.0 Å². The van der Waals surface area contributed by atoms with E-state index in [4.69, 9.17) is 14.7 Å². The van der Waals surface area contributed by atoms with Gasteiger partial charge in [0.25, 0.3) is 0 Å². The van der Waals surface area contributed by atoms with Gasteiger partial charge in [-0.25, -0.2) is 9.18 Å². The molecule has 5 heteroatoms. The second-order valence-corrected chi connectivity index (χ2v) is 3.55. The molecular formula is C12H12FNO3. The van der Waals surface area contributed by atoms with Crippen LogP contribution in [0.5, 0.6) is 5.75 Å². The number of carbonyl (C=O) groups is 1. The van der Waals surface area contributed by atoms with E-state index in [1.165, 1.54) is 12.1 Å². The van der Waals surface area contributed by atoms with Gasteiger partial charge in [0.05, 0.1) is 6.10 Å². The summed E-state index contributed by atoms with van der Waals surface area (Å²) in [6.45, 7) is 3.07. The summed E-state index contributed by atoms with van der Waals surface area (Å²) in [5.41, 5.74) is -0.218. The van der Waals surface area contributed by atoms with Gasteiger partial charge in [0.1, 0.15) is 23.2 Å². The summed E-state index contributed by atoms with van der Waals surface area (Å²) < 4.78 is 23.0. The SMILES string of the molecule is CC(C)OC(=O)COc1cccc(F)c1C#N. The molecule has 0 radical (unpaired) electrons. The maximum Gasteiger partial charge on any atom is 0.344 e. The lowest BCUT2D eigenvalue weighted by Gasteiger charge is -2.10. The zero-order valence-corrected chi connectivity index (χ0v) is 9.57. The van der Waals surface area contributed by atoms with E-state index in [1.54, 1.807) is 19.9 Å². The molecule has 0 aliphatic rings. The van der Waals surface area contributed by atoms with Crippen LogP contribution in [0.2, 0.25) is 0 Å². The van der Waals surface area contributed by atoms with Gasteiger partial charge in [0.15, 0.2) is 6.61 Å². The molecule has 0 fully saturated rings. The van der Waals surface area contributed by atoms with Gasteiger partial charge in [-0.15, -0.1) is 0 Å². The van der Waals surface area contributed by atoms with Crippen molar-refractivity contribution in [2.24, 2.45) is 0 Å². The predicted octanol–water partition coefficient (Wildman–Crippen LogP) is 2.03. The number of esters is 1. The fourth-order valence-corrected chi connectivity index (χ4v) is 1.17. The first-order chi connectivity index (χ1) is 8.04. The van der Waals surface area contributed by atoms with Crippen LogP contribution in [0.15, 0.2) is 18.2 Å². The van der Waals surface area contributed by atoms with Crippen LogP contribution in [-0.2, 0) is 9.53 Å². The topological polar surface area (TPSA) is 59.3 Å². The molecule has 1 aromatic carbocycles. The quantitative estimate of drug-likeness (QED) is 0.752. The lowest BCUT2D eigenvalue weighted by atomic mass is 10.2. The summed E-state index contributed by atoms with van der Waals surface area (Å²) in [4.78, 5) is 11.2. The van der Waals surface area contributed by atoms with E-state index in [1.807, 2.05) is 0 Å². The Morgan fingerprint density at radius 2 is 2.24 bits per heavy atom. The van der Waals surface area contributed by atoms with E-state index in [9.17, 15) is 9.18 Å². The van der Waals surface area contributed by atoms with E-state index in [2.05, 4.69) is 0 Å². The molecule has 0 aliphatic heterocycles. The van der Waals surface area contributed by atoms with Gasteiger partial charge in [-0.2, -0.15) is 5.26 Å². The number of ether oxygens (including phenoxy) is 2. The number of nitriles is 1. The van der Waals surface area contributed by atoms with Gasteiger partial charge in [-0.3, -0.25) is 0 Å². The molecule has 0 N–H and O–H groups in total. The van der Waals surface area contributed by atoms with Gasteiger partial charge < -0.3 is 9.47 Å². The van der Waals surface area contributed by atoms with Crippen molar-refractivity contribution in [1.82, 2.24) is 0 Å². The van der Waals surface area contributed by atoms with E-state index in [-0.39, 0.29) is 24.0 Å². The highest BCUT2D eigenvalue weighted by molar-refractivity contribution is 5.71. The van der Waals surface area contributed by atoms with Crippen molar-refractivity contribution in [2.45, 2.75) is 20.0 Å². The molecule has 0 bridgehead atoms. The molecule has 4 nitrogen and oxygen atoms in total. The number of carbonyl (C=O) groups excluding carboxylic acids is 1. The second kappa shape index (κ2) is 5.85. The van der Waals surface area contributed by atoms with Crippen LogP contribution in [0.3, 0.4) is 0 Å². The predicted molar refractivity (Wildman–Crippen MR) is 57.8 cm³/mol. The summed E-state index contributed by atoms with van der Waals surface area (Å²) >= 11 is 0. The van der Waals surface area contributed by atoms with Gasteiger partial charge in [-0.1, -0.05) is 6.07 Å². The van der Waals surface area contributed by atoms with Crippen molar-refractivity contribution in [1.29, 1.82) is 5.26 Å². The highest BCUT2D eigenvalue weighted by atomic mass is 19.1. The van der Waals surface area contributed by atoms with Crippen molar-refractivity contribution >= 4 is 5.97 Å². The zero-order chi connectivity index (χ0) is 12.8. The summed E-state index contributed by atoms with van der Waals surface area (Å²) in [5.74, 6) is -1.21. The third-order valence-electron chi connectivity index (χ3n) is 1.80. The molecular weight excluding hydrogens is 225 g/mol. The van der Waals surface area contributed by atoms with Crippen LogP contribution < -0.4 is 4.74 Å². The van der Waals surface area contributed by atoms with Gasteiger partial charge >= 0.3 is 5.97 Å². The molecule has 1 aromatic rings. The maximum atomic E-state index is 13.2. The minimum atomic E-state index is -0.678.